The first-order chi connectivity index (χ1) is 18.5. The minimum absolute atomic E-state index is 0.0611. The van der Waals surface area contributed by atoms with E-state index < -0.39 is 5.60 Å². The lowest BCUT2D eigenvalue weighted by molar-refractivity contribution is -0.0147. The molecule has 4 aromatic rings. The Morgan fingerprint density at radius 2 is 1.24 bits per heavy atom. The fourth-order valence-corrected chi connectivity index (χ4v) is 5.47. The zero-order valence-corrected chi connectivity index (χ0v) is 21.4. The van der Waals surface area contributed by atoms with Gasteiger partial charge in [-0.05, 0) is 96.9 Å². The van der Waals surface area contributed by atoms with Gasteiger partial charge in [0.2, 0.25) is 0 Å². The largest absolute Gasteiger partial charge is 0.494 e. The normalized spacial score (nSPS) is 14.9. The lowest BCUT2D eigenvalue weighted by Gasteiger charge is -2.42. The van der Waals surface area contributed by atoms with Crippen molar-refractivity contribution in [3.05, 3.63) is 126 Å². The molecule has 1 aliphatic rings. The summed E-state index contributed by atoms with van der Waals surface area (Å²) in [5, 5.41) is 12.0. The van der Waals surface area contributed by atoms with E-state index >= 15 is 0 Å². The Labute approximate surface area is 223 Å². The highest BCUT2D eigenvalue weighted by atomic mass is 19.1. The summed E-state index contributed by atoms with van der Waals surface area (Å²) in [6, 6.07) is 30.5. The third-order valence-corrected chi connectivity index (χ3v) is 7.60. The fraction of sp³-hybridized carbons (Fsp3) is 0.273. The molecule has 196 valence electrons. The Morgan fingerprint density at radius 3 is 1.79 bits per heavy atom. The molecule has 0 amide bonds. The molecule has 1 heterocycles. The summed E-state index contributed by atoms with van der Waals surface area (Å²) in [6.45, 7) is 3.25. The molecule has 1 saturated heterocycles. The quantitative estimate of drug-likeness (QED) is 0.244. The number of likely N-dealkylation sites (tertiary alicyclic amines) is 1. The highest BCUT2D eigenvalue weighted by Crippen LogP contribution is 2.42. The molecule has 3 nitrogen and oxygen atoms in total. The van der Waals surface area contributed by atoms with Gasteiger partial charge in [0.15, 0.2) is 0 Å². The van der Waals surface area contributed by atoms with Crippen molar-refractivity contribution in [2.75, 3.05) is 26.2 Å². The summed E-state index contributed by atoms with van der Waals surface area (Å²) in [5.41, 5.74) is 2.32. The molecule has 1 N–H and O–H groups in total. The second-order valence-electron chi connectivity index (χ2n) is 9.99. The molecular formula is C33H33F2NO2. The van der Waals surface area contributed by atoms with Crippen LogP contribution >= 0.6 is 0 Å². The van der Waals surface area contributed by atoms with Crippen molar-refractivity contribution < 1.29 is 18.6 Å². The Bertz CT molecular complexity index is 1240. The van der Waals surface area contributed by atoms with Crippen molar-refractivity contribution in [1.82, 2.24) is 4.90 Å². The molecular weight excluding hydrogens is 480 g/mol. The van der Waals surface area contributed by atoms with Gasteiger partial charge in [0.05, 0.1) is 6.61 Å². The van der Waals surface area contributed by atoms with Crippen molar-refractivity contribution in [3.8, 4) is 16.9 Å². The van der Waals surface area contributed by atoms with Gasteiger partial charge in [-0.2, -0.15) is 0 Å². The van der Waals surface area contributed by atoms with E-state index in [9.17, 15) is 13.9 Å². The first-order valence-corrected chi connectivity index (χ1v) is 13.3. The van der Waals surface area contributed by atoms with Crippen LogP contribution in [-0.2, 0) is 5.60 Å². The number of aliphatic hydroxyl groups is 1. The molecule has 0 aliphatic carbocycles. The second kappa shape index (κ2) is 11.9. The maximum Gasteiger partial charge on any atom is 0.123 e. The molecule has 0 atom stereocenters. The van der Waals surface area contributed by atoms with Crippen LogP contribution < -0.4 is 4.74 Å². The lowest BCUT2D eigenvalue weighted by Crippen LogP contribution is -2.44. The van der Waals surface area contributed by atoms with Gasteiger partial charge >= 0.3 is 0 Å². The van der Waals surface area contributed by atoms with Gasteiger partial charge in [0, 0.05) is 6.54 Å². The average molecular weight is 514 g/mol. The van der Waals surface area contributed by atoms with Crippen molar-refractivity contribution in [2.45, 2.75) is 24.9 Å². The van der Waals surface area contributed by atoms with Crippen LogP contribution in [0.25, 0.3) is 11.1 Å². The number of nitrogens with zero attached hydrogens (tertiary/aromatic N) is 1. The molecule has 5 heteroatoms. The number of hydrogen-bond donors (Lipinski definition) is 1. The molecule has 0 radical (unpaired) electrons. The van der Waals surface area contributed by atoms with Gasteiger partial charge in [-0.1, -0.05) is 66.7 Å². The van der Waals surface area contributed by atoms with E-state index in [-0.39, 0.29) is 17.6 Å². The van der Waals surface area contributed by atoms with E-state index in [2.05, 4.69) is 29.2 Å². The third-order valence-electron chi connectivity index (χ3n) is 7.60. The van der Waals surface area contributed by atoms with Crippen molar-refractivity contribution >= 4 is 0 Å². The summed E-state index contributed by atoms with van der Waals surface area (Å²) in [5.74, 6) is 0.111. The zero-order valence-electron chi connectivity index (χ0n) is 21.4. The smallest absolute Gasteiger partial charge is 0.123 e. The Kier molecular flexibility index (Phi) is 8.16. The Morgan fingerprint density at radius 1 is 0.711 bits per heavy atom. The average Bonchev–Trinajstić information content (AvgIpc) is 2.97. The minimum atomic E-state index is -1.30. The SMILES string of the molecule is OC(c1ccc(F)cc1)(c1ccc(F)cc1)C1CCN(CCCOc2ccc(-c3ccccc3)cc2)CC1. The van der Waals surface area contributed by atoms with Crippen LogP contribution in [0.4, 0.5) is 8.78 Å². The van der Waals surface area contributed by atoms with Gasteiger partial charge in [0.25, 0.3) is 0 Å². The molecule has 38 heavy (non-hydrogen) atoms. The van der Waals surface area contributed by atoms with Crippen LogP contribution in [0, 0.1) is 17.6 Å². The van der Waals surface area contributed by atoms with Crippen LogP contribution in [-0.4, -0.2) is 36.2 Å². The molecule has 0 unspecified atom stereocenters. The maximum atomic E-state index is 13.6. The number of rotatable bonds is 9. The Balaban J connectivity index is 1.14. The van der Waals surface area contributed by atoms with Crippen molar-refractivity contribution in [1.29, 1.82) is 0 Å². The van der Waals surface area contributed by atoms with Gasteiger partial charge in [-0.15, -0.1) is 0 Å². The first kappa shape index (κ1) is 26.1. The van der Waals surface area contributed by atoms with Crippen LogP contribution in [0.5, 0.6) is 5.75 Å². The van der Waals surface area contributed by atoms with E-state index in [0.29, 0.717) is 17.7 Å². The monoisotopic (exact) mass is 513 g/mol. The summed E-state index contributed by atoms with van der Waals surface area (Å²) in [4.78, 5) is 2.40. The van der Waals surface area contributed by atoms with Gasteiger partial charge in [-0.3, -0.25) is 0 Å². The predicted octanol–water partition coefficient (Wildman–Crippen LogP) is 7.05. The predicted molar refractivity (Wildman–Crippen MR) is 147 cm³/mol. The highest BCUT2D eigenvalue weighted by Gasteiger charge is 2.41. The summed E-state index contributed by atoms with van der Waals surface area (Å²) < 4.78 is 33.2. The summed E-state index contributed by atoms with van der Waals surface area (Å²) >= 11 is 0. The number of halogens is 2. The van der Waals surface area contributed by atoms with Crippen LogP contribution in [0.15, 0.2) is 103 Å². The van der Waals surface area contributed by atoms with Gasteiger partial charge < -0.3 is 14.7 Å². The van der Waals surface area contributed by atoms with E-state index in [1.165, 1.54) is 35.4 Å². The van der Waals surface area contributed by atoms with Gasteiger partial charge in [0.1, 0.15) is 23.0 Å². The third kappa shape index (κ3) is 5.95. The molecule has 1 fully saturated rings. The van der Waals surface area contributed by atoms with Crippen LogP contribution in [0.1, 0.15) is 30.4 Å². The molecule has 5 rings (SSSR count). The number of piperidine rings is 1. The Hall–Kier alpha value is -3.54. The number of benzene rings is 4. The van der Waals surface area contributed by atoms with Crippen LogP contribution in [0.2, 0.25) is 0 Å². The number of ether oxygens (including phenoxy) is 1. The molecule has 0 aromatic heterocycles. The molecule has 0 spiro atoms. The molecule has 0 bridgehead atoms. The van der Waals surface area contributed by atoms with Crippen molar-refractivity contribution in [2.24, 2.45) is 5.92 Å². The maximum absolute atomic E-state index is 13.6. The molecule has 4 aromatic carbocycles. The second-order valence-corrected chi connectivity index (χ2v) is 9.99. The first-order valence-electron chi connectivity index (χ1n) is 13.3. The molecule has 0 saturated carbocycles. The standard InChI is InChI=1S/C33H33F2NO2/c34-30-13-9-27(10-14-30)33(37,28-11-15-31(35)16-12-28)29-19-22-36(23-20-29)21-4-24-38-32-17-7-26(8-18-32)25-5-2-1-3-6-25/h1-3,5-18,29,37H,4,19-24H2. The highest BCUT2D eigenvalue weighted by molar-refractivity contribution is 5.63. The minimum Gasteiger partial charge on any atom is -0.494 e. The van der Waals surface area contributed by atoms with Crippen LogP contribution in [0.3, 0.4) is 0 Å². The van der Waals surface area contributed by atoms with Gasteiger partial charge in [-0.25, -0.2) is 8.78 Å². The van der Waals surface area contributed by atoms with E-state index in [1.807, 2.05) is 30.3 Å². The lowest BCUT2D eigenvalue weighted by atomic mass is 9.72. The molecule has 1 aliphatic heterocycles. The summed E-state index contributed by atoms with van der Waals surface area (Å²) in [7, 11) is 0. The van der Waals surface area contributed by atoms with E-state index in [0.717, 1.165) is 44.6 Å². The van der Waals surface area contributed by atoms with E-state index in [1.54, 1.807) is 24.3 Å². The zero-order chi connectivity index (χ0) is 26.4. The fourth-order valence-electron chi connectivity index (χ4n) is 5.47. The van der Waals surface area contributed by atoms with E-state index in [4.69, 9.17) is 4.74 Å². The number of hydrogen-bond acceptors (Lipinski definition) is 3. The van der Waals surface area contributed by atoms with Crippen molar-refractivity contribution in [3.63, 3.8) is 0 Å². The summed E-state index contributed by atoms with van der Waals surface area (Å²) in [6.07, 6.45) is 2.48. The topological polar surface area (TPSA) is 32.7 Å².